The van der Waals surface area contributed by atoms with Crippen LogP contribution in [-0.2, 0) is 6.42 Å². The van der Waals surface area contributed by atoms with Crippen molar-refractivity contribution in [1.29, 1.82) is 0 Å². The van der Waals surface area contributed by atoms with Crippen LogP contribution in [0.3, 0.4) is 0 Å². The molecule has 2 atom stereocenters. The summed E-state index contributed by atoms with van der Waals surface area (Å²) in [4.78, 5) is 2.51. The van der Waals surface area contributed by atoms with Gasteiger partial charge in [-0.15, -0.1) is 0 Å². The molecule has 0 aliphatic carbocycles. The molecule has 0 fully saturated rings. The van der Waals surface area contributed by atoms with Crippen molar-refractivity contribution in [2.75, 3.05) is 11.4 Å². The highest BCUT2D eigenvalue weighted by Gasteiger charge is 2.25. The molecule has 0 amide bonds. The second-order valence-electron chi connectivity index (χ2n) is 5.57. The third-order valence-corrected chi connectivity index (χ3v) is 3.91. The standard InChI is InChI=1S/C15H24N2/c1-11(2)14(16)8-9-17-12(3)10-13-6-4-5-7-15(13)17/h4-7,11-12,14H,8-10,16H2,1-3H3. The fourth-order valence-electron chi connectivity index (χ4n) is 2.59. The molecule has 0 saturated carbocycles. The molecule has 1 aromatic carbocycles. The minimum absolute atomic E-state index is 0.315. The Morgan fingerprint density at radius 1 is 1.35 bits per heavy atom. The molecule has 0 spiro atoms. The molecule has 17 heavy (non-hydrogen) atoms. The van der Waals surface area contributed by atoms with E-state index in [9.17, 15) is 0 Å². The van der Waals surface area contributed by atoms with Gasteiger partial charge >= 0.3 is 0 Å². The van der Waals surface area contributed by atoms with Crippen molar-refractivity contribution in [3.05, 3.63) is 29.8 Å². The van der Waals surface area contributed by atoms with E-state index in [0.29, 0.717) is 18.0 Å². The number of hydrogen-bond donors (Lipinski definition) is 1. The number of para-hydroxylation sites is 1. The molecule has 1 aliphatic heterocycles. The Morgan fingerprint density at radius 2 is 2.06 bits per heavy atom. The van der Waals surface area contributed by atoms with E-state index < -0.39 is 0 Å². The minimum atomic E-state index is 0.315. The normalized spacial score (nSPS) is 20.8. The minimum Gasteiger partial charge on any atom is -0.368 e. The fourth-order valence-corrected chi connectivity index (χ4v) is 2.59. The molecular formula is C15H24N2. The summed E-state index contributed by atoms with van der Waals surface area (Å²) in [6.45, 7) is 7.79. The van der Waals surface area contributed by atoms with Gasteiger partial charge in [0.25, 0.3) is 0 Å². The summed E-state index contributed by atoms with van der Waals surface area (Å²) >= 11 is 0. The lowest BCUT2D eigenvalue weighted by Crippen LogP contribution is -2.36. The number of nitrogens with zero attached hydrogens (tertiary/aromatic N) is 1. The van der Waals surface area contributed by atoms with Gasteiger partial charge in [0, 0.05) is 24.3 Å². The molecule has 0 radical (unpaired) electrons. The maximum absolute atomic E-state index is 6.13. The molecule has 1 aromatic rings. The van der Waals surface area contributed by atoms with E-state index in [0.717, 1.165) is 13.0 Å². The number of fused-ring (bicyclic) bond motifs is 1. The smallest absolute Gasteiger partial charge is 0.0402 e. The molecule has 0 bridgehead atoms. The van der Waals surface area contributed by atoms with Crippen LogP contribution in [0.4, 0.5) is 5.69 Å². The topological polar surface area (TPSA) is 29.3 Å². The quantitative estimate of drug-likeness (QED) is 0.865. The van der Waals surface area contributed by atoms with Crippen molar-refractivity contribution in [2.45, 2.75) is 45.7 Å². The van der Waals surface area contributed by atoms with Crippen molar-refractivity contribution in [3.63, 3.8) is 0 Å². The predicted molar refractivity (Wildman–Crippen MR) is 74.4 cm³/mol. The Hall–Kier alpha value is -1.02. The summed E-state index contributed by atoms with van der Waals surface area (Å²) in [5, 5.41) is 0. The molecule has 2 unspecified atom stereocenters. The van der Waals surface area contributed by atoms with Crippen LogP contribution in [0.5, 0.6) is 0 Å². The summed E-state index contributed by atoms with van der Waals surface area (Å²) in [6, 6.07) is 9.68. The van der Waals surface area contributed by atoms with Gasteiger partial charge in [0.05, 0.1) is 0 Å². The van der Waals surface area contributed by atoms with E-state index in [1.165, 1.54) is 17.7 Å². The van der Waals surface area contributed by atoms with E-state index >= 15 is 0 Å². The van der Waals surface area contributed by atoms with Gasteiger partial charge in [-0.2, -0.15) is 0 Å². The number of benzene rings is 1. The Bertz CT molecular complexity index is 373. The highest BCUT2D eigenvalue weighted by molar-refractivity contribution is 5.59. The number of anilines is 1. The second-order valence-corrected chi connectivity index (χ2v) is 5.57. The lowest BCUT2D eigenvalue weighted by atomic mass is 10.0. The first-order chi connectivity index (χ1) is 8.09. The maximum atomic E-state index is 6.13. The lowest BCUT2D eigenvalue weighted by Gasteiger charge is -2.27. The molecule has 0 aromatic heterocycles. The molecule has 2 heteroatoms. The first-order valence-electron chi connectivity index (χ1n) is 6.69. The van der Waals surface area contributed by atoms with Crippen LogP contribution in [0, 0.1) is 5.92 Å². The van der Waals surface area contributed by atoms with E-state index in [2.05, 4.69) is 49.9 Å². The molecule has 0 saturated heterocycles. The summed E-state index contributed by atoms with van der Waals surface area (Å²) in [6.07, 6.45) is 2.25. The molecule has 1 heterocycles. The van der Waals surface area contributed by atoms with Gasteiger partial charge in [0.15, 0.2) is 0 Å². The highest BCUT2D eigenvalue weighted by Crippen LogP contribution is 2.31. The van der Waals surface area contributed by atoms with E-state index in [1.54, 1.807) is 0 Å². The van der Waals surface area contributed by atoms with E-state index in [4.69, 9.17) is 5.73 Å². The SMILES string of the molecule is CC(C)C(N)CCN1c2ccccc2CC1C. The van der Waals surface area contributed by atoms with Gasteiger partial charge in [-0.05, 0) is 37.3 Å². The van der Waals surface area contributed by atoms with Crippen molar-refractivity contribution >= 4 is 5.69 Å². The average Bonchev–Trinajstić information content (AvgIpc) is 2.61. The average molecular weight is 232 g/mol. The van der Waals surface area contributed by atoms with Crippen LogP contribution in [0.1, 0.15) is 32.8 Å². The first kappa shape index (κ1) is 12.4. The number of nitrogens with two attached hydrogens (primary N) is 1. The van der Waals surface area contributed by atoms with Crippen molar-refractivity contribution < 1.29 is 0 Å². The van der Waals surface area contributed by atoms with Crippen molar-refractivity contribution in [2.24, 2.45) is 11.7 Å². The second kappa shape index (κ2) is 5.09. The zero-order valence-corrected chi connectivity index (χ0v) is 11.2. The molecule has 1 aliphatic rings. The van der Waals surface area contributed by atoms with E-state index in [-0.39, 0.29) is 0 Å². The van der Waals surface area contributed by atoms with Crippen molar-refractivity contribution in [1.82, 2.24) is 0 Å². The number of hydrogen-bond acceptors (Lipinski definition) is 2. The zero-order valence-electron chi connectivity index (χ0n) is 11.2. The van der Waals surface area contributed by atoms with Gasteiger partial charge in [-0.25, -0.2) is 0 Å². The Balaban J connectivity index is 2.02. The summed E-state index contributed by atoms with van der Waals surface area (Å²) in [5.41, 5.74) is 9.03. The molecule has 2 nitrogen and oxygen atoms in total. The van der Waals surface area contributed by atoms with Crippen LogP contribution in [0.15, 0.2) is 24.3 Å². The largest absolute Gasteiger partial charge is 0.368 e. The van der Waals surface area contributed by atoms with Gasteiger partial charge in [0.1, 0.15) is 0 Å². The monoisotopic (exact) mass is 232 g/mol. The Morgan fingerprint density at radius 3 is 2.76 bits per heavy atom. The predicted octanol–water partition coefficient (Wildman–Crippen LogP) is 2.81. The lowest BCUT2D eigenvalue weighted by molar-refractivity contribution is 0.457. The van der Waals surface area contributed by atoms with Gasteiger partial charge < -0.3 is 10.6 Å². The summed E-state index contributed by atoms with van der Waals surface area (Å²) in [5.74, 6) is 0.572. The zero-order chi connectivity index (χ0) is 12.4. The van der Waals surface area contributed by atoms with Crippen LogP contribution in [-0.4, -0.2) is 18.6 Å². The Kier molecular flexibility index (Phi) is 3.72. The van der Waals surface area contributed by atoms with Gasteiger partial charge in [-0.1, -0.05) is 32.0 Å². The first-order valence-corrected chi connectivity index (χ1v) is 6.69. The van der Waals surface area contributed by atoms with E-state index in [1.807, 2.05) is 0 Å². The third-order valence-electron chi connectivity index (χ3n) is 3.91. The van der Waals surface area contributed by atoms with Gasteiger partial charge in [-0.3, -0.25) is 0 Å². The summed E-state index contributed by atoms with van der Waals surface area (Å²) < 4.78 is 0. The molecule has 2 N–H and O–H groups in total. The Labute approximate surface area is 105 Å². The maximum Gasteiger partial charge on any atom is 0.0402 e. The van der Waals surface area contributed by atoms with Gasteiger partial charge in [0.2, 0.25) is 0 Å². The molecule has 94 valence electrons. The van der Waals surface area contributed by atoms with Crippen LogP contribution < -0.4 is 10.6 Å². The van der Waals surface area contributed by atoms with Crippen LogP contribution in [0.25, 0.3) is 0 Å². The number of rotatable bonds is 4. The molecular weight excluding hydrogens is 208 g/mol. The van der Waals surface area contributed by atoms with Crippen LogP contribution >= 0.6 is 0 Å². The van der Waals surface area contributed by atoms with Crippen molar-refractivity contribution in [3.8, 4) is 0 Å². The fraction of sp³-hybridized carbons (Fsp3) is 0.600. The molecule has 2 rings (SSSR count). The van der Waals surface area contributed by atoms with Crippen LogP contribution in [0.2, 0.25) is 0 Å². The third kappa shape index (κ3) is 2.63. The summed E-state index contributed by atoms with van der Waals surface area (Å²) in [7, 11) is 0. The highest BCUT2D eigenvalue weighted by atomic mass is 15.2.